The number of amides is 2. The van der Waals surface area contributed by atoms with Crippen LogP contribution >= 0.6 is 0 Å². The van der Waals surface area contributed by atoms with Gasteiger partial charge in [0.15, 0.2) is 0 Å². The lowest BCUT2D eigenvalue weighted by Crippen LogP contribution is -2.53. The largest absolute Gasteiger partial charge is 0.352 e. The van der Waals surface area contributed by atoms with Gasteiger partial charge in [-0.2, -0.15) is 0 Å². The lowest BCUT2D eigenvalue weighted by atomic mass is 9.49. The van der Waals surface area contributed by atoms with E-state index < -0.39 is 0 Å². The molecule has 4 aliphatic rings. The molecule has 0 spiro atoms. The van der Waals surface area contributed by atoms with Crippen molar-refractivity contribution >= 4 is 17.5 Å². The molecule has 5 rings (SSSR count). The molecule has 4 heteroatoms. The molecule has 1 aromatic carbocycles. The van der Waals surface area contributed by atoms with Crippen molar-refractivity contribution in [1.29, 1.82) is 0 Å². The summed E-state index contributed by atoms with van der Waals surface area (Å²) in [6.45, 7) is 4.33. The third kappa shape index (κ3) is 3.38. The van der Waals surface area contributed by atoms with Crippen molar-refractivity contribution in [3.63, 3.8) is 0 Å². The van der Waals surface area contributed by atoms with Crippen molar-refractivity contribution in [2.45, 2.75) is 58.9 Å². The Morgan fingerprint density at radius 1 is 1.00 bits per heavy atom. The fourth-order valence-corrected chi connectivity index (χ4v) is 5.75. The van der Waals surface area contributed by atoms with Crippen molar-refractivity contribution < 1.29 is 9.59 Å². The van der Waals surface area contributed by atoms with Crippen LogP contribution in [0.5, 0.6) is 0 Å². The van der Waals surface area contributed by atoms with Crippen LogP contribution in [0.2, 0.25) is 0 Å². The second-order valence-electron chi connectivity index (χ2n) is 9.22. The van der Waals surface area contributed by atoms with Crippen molar-refractivity contribution in [3.05, 3.63) is 29.8 Å². The number of carbonyl (C=O) groups is 2. The molecule has 0 saturated heterocycles. The van der Waals surface area contributed by atoms with Crippen LogP contribution in [0.1, 0.15) is 57.9 Å². The molecule has 0 atom stereocenters. The van der Waals surface area contributed by atoms with E-state index in [0.29, 0.717) is 6.54 Å². The Hall–Kier alpha value is -1.84. The molecule has 4 nitrogen and oxygen atoms in total. The van der Waals surface area contributed by atoms with E-state index in [1.807, 2.05) is 38.1 Å². The van der Waals surface area contributed by atoms with E-state index in [-0.39, 0.29) is 23.1 Å². The van der Waals surface area contributed by atoms with Crippen molar-refractivity contribution in [3.8, 4) is 0 Å². The van der Waals surface area contributed by atoms with E-state index >= 15 is 0 Å². The number of hydrogen-bond donors (Lipinski definition) is 2. The number of nitrogens with one attached hydrogen (secondary N) is 2. The average Bonchev–Trinajstić information content (AvgIpc) is 2.59. The number of rotatable bonds is 5. The van der Waals surface area contributed by atoms with Gasteiger partial charge in [-0.15, -0.1) is 0 Å². The second-order valence-corrected chi connectivity index (χ2v) is 9.22. The Morgan fingerprint density at radius 3 is 2.04 bits per heavy atom. The zero-order valence-corrected chi connectivity index (χ0v) is 15.9. The predicted molar refractivity (Wildman–Crippen MR) is 102 cm³/mol. The molecule has 0 unspecified atom stereocenters. The summed E-state index contributed by atoms with van der Waals surface area (Å²) in [6, 6.07) is 7.78. The van der Waals surface area contributed by atoms with Crippen LogP contribution < -0.4 is 10.6 Å². The van der Waals surface area contributed by atoms with Gasteiger partial charge in [0.25, 0.3) is 0 Å². The first-order valence-electron chi connectivity index (χ1n) is 10.1. The van der Waals surface area contributed by atoms with Gasteiger partial charge in [0.1, 0.15) is 0 Å². The third-order valence-electron chi connectivity index (χ3n) is 6.72. The summed E-state index contributed by atoms with van der Waals surface area (Å²) < 4.78 is 0. The molecule has 26 heavy (non-hydrogen) atoms. The average molecular weight is 354 g/mol. The van der Waals surface area contributed by atoms with Gasteiger partial charge in [0.05, 0.1) is 0 Å². The van der Waals surface area contributed by atoms with Gasteiger partial charge in [0.2, 0.25) is 11.8 Å². The Balaban J connectivity index is 1.34. The Kier molecular flexibility index (Phi) is 4.54. The maximum Gasteiger partial charge on any atom is 0.226 e. The first-order chi connectivity index (χ1) is 12.4. The van der Waals surface area contributed by atoms with Crippen LogP contribution in [-0.4, -0.2) is 11.8 Å². The normalized spacial score (nSPS) is 31.9. The molecule has 4 aliphatic carbocycles. The van der Waals surface area contributed by atoms with Gasteiger partial charge in [0, 0.05) is 23.6 Å². The van der Waals surface area contributed by atoms with Gasteiger partial charge in [-0.05, 0) is 74.0 Å². The minimum atomic E-state index is -0.0834. The summed E-state index contributed by atoms with van der Waals surface area (Å²) in [5.74, 6) is 2.62. The molecule has 4 bridgehead atoms. The summed E-state index contributed by atoms with van der Waals surface area (Å²) in [5.41, 5.74) is 1.80. The summed E-state index contributed by atoms with van der Waals surface area (Å²) >= 11 is 0. The third-order valence-corrected chi connectivity index (χ3v) is 6.72. The van der Waals surface area contributed by atoms with Crippen LogP contribution in [0.25, 0.3) is 0 Å². The Labute approximate surface area is 156 Å². The van der Waals surface area contributed by atoms with E-state index in [0.717, 1.165) is 48.3 Å². The second kappa shape index (κ2) is 6.71. The highest BCUT2D eigenvalue weighted by Gasteiger charge is 2.54. The van der Waals surface area contributed by atoms with Crippen LogP contribution in [0.3, 0.4) is 0 Å². The molecule has 0 radical (unpaired) electrons. The fourth-order valence-electron chi connectivity index (χ4n) is 5.75. The molecular weight excluding hydrogens is 324 g/mol. The highest BCUT2D eigenvalue weighted by molar-refractivity contribution is 5.92. The highest BCUT2D eigenvalue weighted by atomic mass is 16.2. The van der Waals surface area contributed by atoms with E-state index in [1.54, 1.807) is 0 Å². The number of hydrogen-bond acceptors (Lipinski definition) is 2. The Morgan fingerprint density at radius 2 is 1.54 bits per heavy atom. The van der Waals surface area contributed by atoms with Crippen molar-refractivity contribution in [2.24, 2.45) is 29.1 Å². The maximum atomic E-state index is 13.0. The first kappa shape index (κ1) is 17.6. The molecule has 4 saturated carbocycles. The van der Waals surface area contributed by atoms with E-state index in [9.17, 15) is 9.59 Å². The molecular formula is C22H30N2O2. The first-order valence-corrected chi connectivity index (χ1v) is 10.1. The maximum absolute atomic E-state index is 13.0. The topological polar surface area (TPSA) is 58.2 Å². The molecule has 1 aromatic rings. The molecule has 2 amide bonds. The summed E-state index contributed by atoms with van der Waals surface area (Å²) in [5, 5.41) is 6.10. The molecule has 140 valence electrons. The van der Waals surface area contributed by atoms with E-state index in [4.69, 9.17) is 0 Å². The quantitative estimate of drug-likeness (QED) is 0.836. The lowest BCUT2D eigenvalue weighted by Gasteiger charge is -2.55. The number of carbonyl (C=O) groups excluding carboxylic acids is 2. The SMILES string of the molecule is CC(C)C(=O)Nc1ccc(CNC(=O)C23CC4CC(CC(C4)C2)C3)cc1. The van der Waals surface area contributed by atoms with E-state index in [2.05, 4.69) is 10.6 Å². The molecule has 0 heterocycles. The Bertz CT molecular complexity index is 657. The van der Waals surface area contributed by atoms with Gasteiger partial charge < -0.3 is 10.6 Å². The minimum absolute atomic E-state index is 0.0212. The molecule has 0 aromatic heterocycles. The standard InChI is InChI=1S/C22H30N2O2/c1-14(2)20(25)24-19-5-3-15(4-6-19)13-23-21(26)22-10-16-7-17(11-22)9-18(8-16)12-22/h3-6,14,16-18H,7-13H2,1-2H3,(H,23,26)(H,24,25). The monoisotopic (exact) mass is 354 g/mol. The fraction of sp³-hybridized carbons (Fsp3) is 0.636. The highest BCUT2D eigenvalue weighted by Crippen LogP contribution is 2.60. The van der Waals surface area contributed by atoms with Gasteiger partial charge >= 0.3 is 0 Å². The van der Waals surface area contributed by atoms with Gasteiger partial charge in [-0.1, -0.05) is 26.0 Å². The van der Waals surface area contributed by atoms with Gasteiger partial charge in [-0.3, -0.25) is 9.59 Å². The molecule has 0 aliphatic heterocycles. The van der Waals surface area contributed by atoms with Crippen molar-refractivity contribution in [2.75, 3.05) is 5.32 Å². The minimum Gasteiger partial charge on any atom is -0.352 e. The zero-order valence-electron chi connectivity index (χ0n) is 15.9. The smallest absolute Gasteiger partial charge is 0.226 e. The van der Waals surface area contributed by atoms with Crippen LogP contribution in [0, 0.1) is 29.1 Å². The zero-order chi connectivity index (χ0) is 18.3. The van der Waals surface area contributed by atoms with Crippen LogP contribution in [-0.2, 0) is 16.1 Å². The predicted octanol–water partition coefficient (Wildman–Crippen LogP) is 4.11. The van der Waals surface area contributed by atoms with E-state index in [1.165, 1.54) is 19.3 Å². The summed E-state index contributed by atoms with van der Waals surface area (Å²) in [4.78, 5) is 24.7. The lowest BCUT2D eigenvalue weighted by molar-refractivity contribution is -0.146. The van der Waals surface area contributed by atoms with Gasteiger partial charge in [-0.25, -0.2) is 0 Å². The molecule has 2 N–H and O–H groups in total. The summed E-state index contributed by atoms with van der Waals surface area (Å²) in [7, 11) is 0. The number of benzene rings is 1. The van der Waals surface area contributed by atoms with Crippen LogP contribution in [0.15, 0.2) is 24.3 Å². The van der Waals surface area contributed by atoms with Crippen LogP contribution in [0.4, 0.5) is 5.69 Å². The van der Waals surface area contributed by atoms with Crippen molar-refractivity contribution in [1.82, 2.24) is 5.32 Å². The molecule has 4 fully saturated rings. The summed E-state index contributed by atoms with van der Waals surface area (Å²) in [6.07, 6.45) is 7.38. The number of anilines is 1.